The van der Waals surface area contributed by atoms with Crippen molar-refractivity contribution in [2.45, 2.75) is 13.5 Å². The lowest BCUT2D eigenvalue weighted by atomic mass is 10.1. The summed E-state index contributed by atoms with van der Waals surface area (Å²) in [5.41, 5.74) is 6.23. The molecule has 4 aromatic rings. The molecule has 4 rings (SSSR count). The minimum Gasteiger partial charge on any atom is -0.508 e. The van der Waals surface area contributed by atoms with Crippen molar-refractivity contribution in [2.24, 2.45) is 0 Å². The first-order valence-corrected chi connectivity index (χ1v) is 10.4. The largest absolute Gasteiger partial charge is 0.508 e. The molecule has 5 nitrogen and oxygen atoms in total. The molecule has 0 radical (unpaired) electrons. The van der Waals surface area contributed by atoms with Gasteiger partial charge in [0.05, 0.1) is 5.69 Å². The molecule has 0 fully saturated rings. The number of phenols is 2. The Morgan fingerprint density at radius 3 is 2.25 bits per heavy atom. The number of aryl methyl sites for hydroxylation is 1. The van der Waals surface area contributed by atoms with Gasteiger partial charge in [0.2, 0.25) is 5.91 Å². The number of aromatic hydroxyl groups is 2. The molecule has 0 aliphatic rings. The zero-order chi connectivity index (χ0) is 22.8. The SMILES string of the molecule is Cc1c(-c2ccc(O)cc2)n(Cc2ccc(C=CC(=O)N(C)C)cc2)c2ccc(O)cc12. The molecule has 0 spiro atoms. The van der Waals surface area contributed by atoms with E-state index in [1.165, 1.54) is 4.90 Å². The number of carbonyl (C=O) groups is 1. The fraction of sp³-hybridized carbons (Fsp3) is 0.148. The first-order valence-electron chi connectivity index (χ1n) is 10.4. The highest BCUT2D eigenvalue weighted by Gasteiger charge is 2.16. The summed E-state index contributed by atoms with van der Waals surface area (Å²) in [7, 11) is 3.45. The van der Waals surface area contributed by atoms with E-state index < -0.39 is 0 Å². The van der Waals surface area contributed by atoms with Crippen LogP contribution in [0.4, 0.5) is 0 Å². The third kappa shape index (κ3) is 4.23. The number of likely N-dealkylation sites (N-methyl/N-ethyl adjacent to an activating group) is 1. The lowest BCUT2D eigenvalue weighted by Crippen LogP contribution is -2.18. The van der Waals surface area contributed by atoms with Gasteiger partial charge < -0.3 is 19.7 Å². The highest BCUT2D eigenvalue weighted by molar-refractivity contribution is 5.93. The normalized spacial score (nSPS) is 11.3. The van der Waals surface area contributed by atoms with Crippen LogP contribution in [0.1, 0.15) is 16.7 Å². The Bertz CT molecular complexity index is 1300. The van der Waals surface area contributed by atoms with Crippen molar-refractivity contribution in [2.75, 3.05) is 14.1 Å². The molecule has 1 heterocycles. The molecule has 32 heavy (non-hydrogen) atoms. The first-order chi connectivity index (χ1) is 15.3. The van der Waals surface area contributed by atoms with Gasteiger partial charge in [-0.15, -0.1) is 0 Å². The van der Waals surface area contributed by atoms with E-state index in [2.05, 4.69) is 23.6 Å². The van der Waals surface area contributed by atoms with Gasteiger partial charge in [-0.05, 0) is 77.7 Å². The highest BCUT2D eigenvalue weighted by atomic mass is 16.3. The van der Waals surface area contributed by atoms with Crippen molar-refractivity contribution >= 4 is 22.9 Å². The van der Waals surface area contributed by atoms with Crippen molar-refractivity contribution in [3.05, 3.63) is 89.5 Å². The average Bonchev–Trinajstić information content (AvgIpc) is 3.04. The second kappa shape index (κ2) is 8.63. The van der Waals surface area contributed by atoms with Crippen LogP contribution in [0.15, 0.2) is 72.8 Å². The molecule has 0 saturated heterocycles. The monoisotopic (exact) mass is 426 g/mol. The van der Waals surface area contributed by atoms with Crippen LogP contribution in [0.25, 0.3) is 28.2 Å². The van der Waals surface area contributed by atoms with Crippen LogP contribution in [0, 0.1) is 6.92 Å². The molecule has 0 atom stereocenters. The molecular formula is C27H26N2O3. The molecule has 0 aliphatic heterocycles. The van der Waals surface area contributed by atoms with Gasteiger partial charge in [-0.1, -0.05) is 24.3 Å². The maximum atomic E-state index is 11.8. The van der Waals surface area contributed by atoms with E-state index in [0.717, 1.165) is 38.9 Å². The molecule has 162 valence electrons. The van der Waals surface area contributed by atoms with Crippen LogP contribution in [0.3, 0.4) is 0 Å². The summed E-state index contributed by atoms with van der Waals surface area (Å²) in [6.07, 6.45) is 3.37. The number of benzene rings is 3. The van der Waals surface area contributed by atoms with Gasteiger partial charge in [0.25, 0.3) is 0 Å². The average molecular weight is 427 g/mol. The van der Waals surface area contributed by atoms with E-state index in [0.29, 0.717) is 6.54 Å². The Kier molecular flexibility index (Phi) is 5.73. The third-order valence-corrected chi connectivity index (χ3v) is 5.62. The van der Waals surface area contributed by atoms with E-state index in [9.17, 15) is 15.0 Å². The number of fused-ring (bicyclic) bond motifs is 1. The van der Waals surface area contributed by atoms with Gasteiger partial charge in [0.1, 0.15) is 11.5 Å². The summed E-state index contributed by atoms with van der Waals surface area (Å²) in [5, 5.41) is 20.7. The number of amides is 1. The quantitative estimate of drug-likeness (QED) is 0.432. The van der Waals surface area contributed by atoms with E-state index >= 15 is 0 Å². The number of hydrogen-bond donors (Lipinski definition) is 2. The molecule has 0 saturated carbocycles. The zero-order valence-corrected chi connectivity index (χ0v) is 18.4. The molecule has 1 aromatic heterocycles. The van der Waals surface area contributed by atoms with E-state index in [1.54, 1.807) is 44.4 Å². The number of hydrogen-bond acceptors (Lipinski definition) is 3. The fourth-order valence-electron chi connectivity index (χ4n) is 3.90. The zero-order valence-electron chi connectivity index (χ0n) is 18.4. The lowest BCUT2D eigenvalue weighted by Gasteiger charge is -2.13. The number of nitrogens with zero attached hydrogens (tertiary/aromatic N) is 2. The van der Waals surface area contributed by atoms with Crippen LogP contribution < -0.4 is 0 Å². The Labute approximate surface area is 187 Å². The smallest absolute Gasteiger partial charge is 0.246 e. The van der Waals surface area contributed by atoms with Gasteiger partial charge in [0, 0.05) is 37.6 Å². The number of aromatic nitrogens is 1. The standard InChI is InChI=1S/C27H26N2O3/c1-18-24-16-23(31)13-14-25(24)29(27(18)21-9-11-22(30)12-10-21)17-20-6-4-19(5-7-20)8-15-26(32)28(2)3/h4-16,30-31H,17H2,1-3H3. The molecule has 5 heteroatoms. The minimum atomic E-state index is -0.0508. The van der Waals surface area contributed by atoms with Crippen LogP contribution >= 0.6 is 0 Å². The second-order valence-electron chi connectivity index (χ2n) is 8.12. The molecular weight excluding hydrogens is 400 g/mol. The van der Waals surface area contributed by atoms with Crippen molar-refractivity contribution < 1.29 is 15.0 Å². The molecule has 3 aromatic carbocycles. The van der Waals surface area contributed by atoms with Crippen molar-refractivity contribution in [1.82, 2.24) is 9.47 Å². The highest BCUT2D eigenvalue weighted by Crippen LogP contribution is 2.36. The predicted octanol–water partition coefficient (Wildman–Crippen LogP) is 5.18. The Hall–Kier alpha value is -3.99. The predicted molar refractivity (Wildman–Crippen MR) is 129 cm³/mol. The lowest BCUT2D eigenvalue weighted by molar-refractivity contribution is -0.123. The molecule has 0 bridgehead atoms. The second-order valence-corrected chi connectivity index (χ2v) is 8.12. The maximum absolute atomic E-state index is 11.8. The summed E-state index contributed by atoms with van der Waals surface area (Å²) in [6, 6.07) is 20.7. The molecule has 0 unspecified atom stereocenters. The summed E-state index contributed by atoms with van der Waals surface area (Å²) >= 11 is 0. The molecule has 2 N–H and O–H groups in total. The van der Waals surface area contributed by atoms with Crippen LogP contribution in [-0.2, 0) is 11.3 Å². The molecule has 0 aliphatic carbocycles. The summed E-state index contributed by atoms with van der Waals surface area (Å²) in [5.74, 6) is 0.409. The minimum absolute atomic E-state index is 0.0508. The first kappa shape index (κ1) is 21.2. The maximum Gasteiger partial charge on any atom is 0.246 e. The molecule has 1 amide bonds. The van der Waals surface area contributed by atoms with Gasteiger partial charge >= 0.3 is 0 Å². The summed E-state index contributed by atoms with van der Waals surface area (Å²) < 4.78 is 2.23. The topological polar surface area (TPSA) is 65.7 Å². The Morgan fingerprint density at radius 1 is 0.938 bits per heavy atom. The van der Waals surface area contributed by atoms with Gasteiger partial charge in [-0.2, -0.15) is 0 Å². The van der Waals surface area contributed by atoms with Gasteiger partial charge in [-0.25, -0.2) is 0 Å². The fourth-order valence-corrected chi connectivity index (χ4v) is 3.90. The Morgan fingerprint density at radius 2 is 1.59 bits per heavy atom. The number of phenolic OH excluding ortho intramolecular Hbond substituents is 2. The number of rotatable bonds is 5. The van der Waals surface area contributed by atoms with Crippen molar-refractivity contribution in [1.29, 1.82) is 0 Å². The van der Waals surface area contributed by atoms with E-state index in [-0.39, 0.29) is 17.4 Å². The van der Waals surface area contributed by atoms with Gasteiger partial charge in [-0.3, -0.25) is 4.79 Å². The van der Waals surface area contributed by atoms with Crippen LogP contribution in [-0.4, -0.2) is 39.7 Å². The summed E-state index contributed by atoms with van der Waals surface area (Å²) in [4.78, 5) is 13.3. The number of carbonyl (C=O) groups excluding carboxylic acids is 1. The van der Waals surface area contributed by atoms with Crippen LogP contribution in [0.2, 0.25) is 0 Å². The Balaban J connectivity index is 1.73. The van der Waals surface area contributed by atoms with Crippen molar-refractivity contribution in [3.63, 3.8) is 0 Å². The van der Waals surface area contributed by atoms with E-state index in [1.807, 2.05) is 36.4 Å². The van der Waals surface area contributed by atoms with Gasteiger partial charge in [0.15, 0.2) is 0 Å². The van der Waals surface area contributed by atoms with Crippen molar-refractivity contribution in [3.8, 4) is 22.8 Å². The van der Waals surface area contributed by atoms with Crippen LogP contribution in [0.5, 0.6) is 11.5 Å². The van der Waals surface area contributed by atoms with E-state index in [4.69, 9.17) is 0 Å². The summed E-state index contributed by atoms with van der Waals surface area (Å²) in [6.45, 7) is 2.70. The third-order valence-electron chi connectivity index (χ3n) is 5.62.